The molecule has 2 saturated heterocycles. The second kappa shape index (κ2) is 5.24. The molecular formula is C12H19NO5. The van der Waals surface area contributed by atoms with E-state index in [0.29, 0.717) is 19.6 Å². The van der Waals surface area contributed by atoms with Crippen LogP contribution in [0.25, 0.3) is 0 Å². The summed E-state index contributed by atoms with van der Waals surface area (Å²) >= 11 is 0. The minimum atomic E-state index is -0.909. The molecule has 2 rings (SSSR count). The van der Waals surface area contributed by atoms with E-state index in [4.69, 9.17) is 14.6 Å². The highest BCUT2D eigenvalue weighted by atomic mass is 16.5. The van der Waals surface area contributed by atoms with Gasteiger partial charge in [-0.2, -0.15) is 0 Å². The molecule has 0 radical (unpaired) electrons. The third kappa shape index (κ3) is 2.35. The monoisotopic (exact) mass is 257 g/mol. The van der Waals surface area contributed by atoms with Crippen molar-refractivity contribution in [3.8, 4) is 0 Å². The van der Waals surface area contributed by atoms with Gasteiger partial charge in [0.15, 0.2) is 0 Å². The van der Waals surface area contributed by atoms with Crippen LogP contribution < -0.4 is 0 Å². The number of amides is 1. The summed E-state index contributed by atoms with van der Waals surface area (Å²) in [4.78, 5) is 24.9. The van der Waals surface area contributed by atoms with Gasteiger partial charge in [0.05, 0.1) is 31.3 Å². The van der Waals surface area contributed by atoms with E-state index in [2.05, 4.69) is 0 Å². The lowest BCUT2D eigenvalue weighted by Gasteiger charge is -2.29. The molecule has 102 valence electrons. The van der Waals surface area contributed by atoms with E-state index >= 15 is 0 Å². The molecule has 1 N–H and O–H groups in total. The Kier molecular flexibility index (Phi) is 3.87. The van der Waals surface area contributed by atoms with Crippen molar-refractivity contribution in [2.45, 2.75) is 25.5 Å². The largest absolute Gasteiger partial charge is 0.481 e. The first-order chi connectivity index (χ1) is 8.52. The number of nitrogens with zero attached hydrogens (tertiary/aromatic N) is 1. The van der Waals surface area contributed by atoms with Crippen molar-refractivity contribution in [2.24, 2.45) is 11.8 Å². The van der Waals surface area contributed by atoms with E-state index in [9.17, 15) is 9.59 Å². The quantitative estimate of drug-likeness (QED) is 0.768. The molecule has 4 atom stereocenters. The second-order valence-electron chi connectivity index (χ2n) is 4.97. The minimum Gasteiger partial charge on any atom is -0.481 e. The van der Waals surface area contributed by atoms with Crippen molar-refractivity contribution in [3.63, 3.8) is 0 Å². The molecule has 18 heavy (non-hydrogen) atoms. The molecule has 2 heterocycles. The Bertz CT molecular complexity index is 345. The number of carbonyl (C=O) groups is 2. The fourth-order valence-electron chi connectivity index (χ4n) is 2.64. The number of carboxylic acids is 1. The van der Waals surface area contributed by atoms with Gasteiger partial charge >= 0.3 is 5.97 Å². The molecule has 6 nitrogen and oxygen atoms in total. The van der Waals surface area contributed by atoms with Crippen molar-refractivity contribution in [3.05, 3.63) is 0 Å². The van der Waals surface area contributed by atoms with Crippen LogP contribution in [0, 0.1) is 11.8 Å². The third-order valence-corrected chi connectivity index (χ3v) is 3.91. The van der Waals surface area contributed by atoms with Gasteiger partial charge in [0, 0.05) is 13.7 Å². The number of rotatable bonds is 3. The summed E-state index contributed by atoms with van der Waals surface area (Å²) in [6.07, 6.45) is 0.612. The number of hydrogen-bond donors (Lipinski definition) is 1. The van der Waals surface area contributed by atoms with E-state index in [1.54, 1.807) is 7.05 Å². The highest BCUT2D eigenvalue weighted by Crippen LogP contribution is 2.26. The molecule has 2 fully saturated rings. The highest BCUT2D eigenvalue weighted by molar-refractivity contribution is 5.81. The van der Waals surface area contributed by atoms with Crippen LogP contribution in [0.4, 0.5) is 0 Å². The van der Waals surface area contributed by atoms with Gasteiger partial charge in [-0.05, 0) is 13.3 Å². The average molecular weight is 257 g/mol. The van der Waals surface area contributed by atoms with Gasteiger partial charge < -0.3 is 19.5 Å². The van der Waals surface area contributed by atoms with Gasteiger partial charge in [0.2, 0.25) is 5.91 Å². The number of carbonyl (C=O) groups excluding carboxylic acids is 1. The molecule has 0 aliphatic carbocycles. The molecule has 1 amide bonds. The third-order valence-electron chi connectivity index (χ3n) is 3.91. The smallest absolute Gasteiger partial charge is 0.311 e. The van der Waals surface area contributed by atoms with Crippen LogP contribution in [-0.4, -0.2) is 60.9 Å². The molecule has 0 bridgehead atoms. The van der Waals surface area contributed by atoms with E-state index in [-0.39, 0.29) is 30.6 Å². The molecule has 0 saturated carbocycles. The van der Waals surface area contributed by atoms with Gasteiger partial charge in [-0.25, -0.2) is 0 Å². The summed E-state index contributed by atoms with van der Waals surface area (Å²) < 4.78 is 10.6. The summed E-state index contributed by atoms with van der Waals surface area (Å²) in [5.41, 5.74) is 0. The van der Waals surface area contributed by atoms with E-state index < -0.39 is 11.9 Å². The summed E-state index contributed by atoms with van der Waals surface area (Å²) in [6.45, 7) is 2.94. The molecule has 0 aromatic carbocycles. The Hall–Kier alpha value is -1.14. The van der Waals surface area contributed by atoms with Crippen LogP contribution in [0.1, 0.15) is 13.3 Å². The predicted molar refractivity (Wildman–Crippen MR) is 62.0 cm³/mol. The lowest BCUT2D eigenvalue weighted by atomic mass is 9.97. The zero-order chi connectivity index (χ0) is 13.3. The number of aliphatic carboxylic acids is 1. The number of carboxylic acid groups (broad SMARTS) is 1. The Morgan fingerprint density at radius 2 is 2.00 bits per heavy atom. The zero-order valence-corrected chi connectivity index (χ0v) is 10.7. The van der Waals surface area contributed by atoms with Crippen LogP contribution in [0.3, 0.4) is 0 Å². The van der Waals surface area contributed by atoms with Gasteiger partial charge in [-0.3, -0.25) is 9.59 Å². The van der Waals surface area contributed by atoms with Crippen molar-refractivity contribution >= 4 is 11.9 Å². The normalized spacial score (nSPS) is 35.7. The van der Waals surface area contributed by atoms with Gasteiger partial charge in [0.1, 0.15) is 5.92 Å². The Morgan fingerprint density at radius 3 is 2.56 bits per heavy atom. The lowest BCUT2D eigenvalue weighted by Crippen LogP contribution is -2.47. The molecule has 6 heteroatoms. The van der Waals surface area contributed by atoms with Gasteiger partial charge in [-0.1, -0.05) is 0 Å². The van der Waals surface area contributed by atoms with Crippen LogP contribution >= 0.6 is 0 Å². The topological polar surface area (TPSA) is 76.1 Å². The van der Waals surface area contributed by atoms with E-state index in [1.807, 2.05) is 6.92 Å². The van der Waals surface area contributed by atoms with Crippen molar-refractivity contribution in [2.75, 3.05) is 26.9 Å². The first-order valence-electron chi connectivity index (χ1n) is 6.21. The molecule has 2 aliphatic rings. The van der Waals surface area contributed by atoms with Gasteiger partial charge in [-0.15, -0.1) is 0 Å². The Morgan fingerprint density at radius 1 is 1.28 bits per heavy atom. The number of ether oxygens (including phenoxy) is 2. The summed E-state index contributed by atoms with van der Waals surface area (Å²) in [6, 6.07) is -0.372. The van der Waals surface area contributed by atoms with Crippen LogP contribution in [0.2, 0.25) is 0 Å². The van der Waals surface area contributed by atoms with Crippen LogP contribution in [-0.2, 0) is 19.1 Å². The summed E-state index contributed by atoms with van der Waals surface area (Å²) in [5.74, 6) is -1.74. The number of hydrogen-bond acceptors (Lipinski definition) is 4. The molecule has 4 unspecified atom stereocenters. The maximum Gasteiger partial charge on any atom is 0.311 e. The highest BCUT2D eigenvalue weighted by Gasteiger charge is 2.41. The molecule has 0 aromatic rings. The summed E-state index contributed by atoms with van der Waals surface area (Å²) in [7, 11) is 1.66. The molecular weight excluding hydrogens is 238 g/mol. The van der Waals surface area contributed by atoms with Crippen molar-refractivity contribution < 1.29 is 24.2 Å². The predicted octanol–water partition coefficient (Wildman–Crippen LogP) is -0.0306. The van der Waals surface area contributed by atoms with E-state index in [0.717, 1.165) is 0 Å². The van der Waals surface area contributed by atoms with Crippen molar-refractivity contribution in [1.29, 1.82) is 0 Å². The Balaban J connectivity index is 2.04. The fraction of sp³-hybridized carbons (Fsp3) is 0.833. The average Bonchev–Trinajstić information content (AvgIpc) is 2.95. The SMILES string of the molecule is CC1OCCC1C(=O)N(C)C1COCC1C(=O)O. The standard InChI is InChI=1S/C12H19NO5/c1-7-8(3-4-18-7)11(14)13(2)10-6-17-5-9(10)12(15)16/h7-10H,3-6H2,1-2H3,(H,15,16). The minimum absolute atomic E-state index is 0.0400. The maximum atomic E-state index is 12.3. The molecule has 0 spiro atoms. The second-order valence-corrected chi connectivity index (χ2v) is 4.97. The van der Waals surface area contributed by atoms with Crippen LogP contribution in [0.5, 0.6) is 0 Å². The van der Waals surface area contributed by atoms with Gasteiger partial charge in [0.25, 0.3) is 0 Å². The zero-order valence-electron chi connectivity index (χ0n) is 10.7. The first kappa shape index (κ1) is 13.3. The van der Waals surface area contributed by atoms with E-state index in [1.165, 1.54) is 4.90 Å². The Labute approximate surface area is 106 Å². The maximum absolute atomic E-state index is 12.3. The molecule has 0 aromatic heterocycles. The van der Waals surface area contributed by atoms with Crippen LogP contribution in [0.15, 0.2) is 0 Å². The summed E-state index contributed by atoms with van der Waals surface area (Å²) in [5, 5.41) is 9.09. The molecule has 2 aliphatic heterocycles. The fourth-order valence-corrected chi connectivity index (χ4v) is 2.64. The van der Waals surface area contributed by atoms with Crippen molar-refractivity contribution in [1.82, 2.24) is 4.90 Å². The number of likely N-dealkylation sites (N-methyl/N-ethyl adjacent to an activating group) is 1. The first-order valence-corrected chi connectivity index (χ1v) is 6.21. The lowest BCUT2D eigenvalue weighted by molar-refractivity contribution is -0.145.